The summed E-state index contributed by atoms with van der Waals surface area (Å²) in [7, 11) is 1.73. The summed E-state index contributed by atoms with van der Waals surface area (Å²) < 4.78 is 11.9. The van der Waals surface area contributed by atoms with E-state index in [1.165, 1.54) is 0 Å². The number of hydrogen-bond acceptors (Lipinski definition) is 7. The Morgan fingerprint density at radius 1 is 0.891 bits per heavy atom. The molecule has 2 heterocycles. The van der Waals surface area contributed by atoms with Gasteiger partial charge in [-0.2, -0.15) is 0 Å². The summed E-state index contributed by atoms with van der Waals surface area (Å²) in [6.45, 7) is 26.2. The number of amides is 3. The maximum atomic E-state index is 14.0. The lowest BCUT2D eigenvalue weighted by Gasteiger charge is -2.39. The topological polar surface area (TPSA) is 108 Å². The Kier molecular flexibility index (Phi) is 13.9. The van der Waals surface area contributed by atoms with Crippen LogP contribution in [0.2, 0.25) is 0 Å². The van der Waals surface area contributed by atoms with Crippen LogP contribution in [-0.2, 0) is 28.7 Å². The minimum atomic E-state index is -0.773. The predicted molar refractivity (Wildman–Crippen MR) is 182 cm³/mol. The molecule has 264 valence electrons. The van der Waals surface area contributed by atoms with Crippen LogP contribution < -0.4 is 5.32 Å². The van der Waals surface area contributed by atoms with E-state index in [9.17, 15) is 19.2 Å². The number of likely N-dealkylation sites (N-methyl/N-ethyl adjacent to an activating group) is 1. The minimum absolute atomic E-state index is 0.0211. The molecule has 1 unspecified atom stereocenters. The van der Waals surface area contributed by atoms with Gasteiger partial charge < -0.3 is 24.6 Å². The van der Waals surface area contributed by atoms with Crippen molar-refractivity contribution in [2.24, 2.45) is 11.8 Å². The van der Waals surface area contributed by atoms with Gasteiger partial charge in [0.25, 0.3) is 0 Å². The van der Waals surface area contributed by atoms with Crippen molar-refractivity contribution >= 4 is 23.7 Å². The van der Waals surface area contributed by atoms with Crippen LogP contribution in [0.1, 0.15) is 116 Å². The largest absolute Gasteiger partial charge is 0.458 e. The highest BCUT2D eigenvalue weighted by Gasteiger charge is 2.44. The Balaban J connectivity index is 2.31. The number of carbonyl (C=O) groups excluding carboxylic acids is 4. The van der Waals surface area contributed by atoms with E-state index < -0.39 is 35.3 Å². The highest BCUT2D eigenvalue weighted by Crippen LogP contribution is 2.29. The quantitative estimate of drug-likeness (QED) is 0.250. The molecule has 0 bridgehead atoms. The molecule has 0 aliphatic carbocycles. The van der Waals surface area contributed by atoms with E-state index in [2.05, 4.69) is 24.1 Å². The van der Waals surface area contributed by atoms with Crippen LogP contribution in [0.4, 0.5) is 0 Å². The lowest BCUT2D eigenvalue weighted by molar-refractivity contribution is -0.162. The summed E-state index contributed by atoms with van der Waals surface area (Å²) in [5.41, 5.74) is -0.702. The zero-order valence-corrected chi connectivity index (χ0v) is 31.2. The fourth-order valence-corrected chi connectivity index (χ4v) is 6.49. The summed E-state index contributed by atoms with van der Waals surface area (Å²) >= 11 is 0. The molecule has 10 nitrogen and oxygen atoms in total. The first kappa shape index (κ1) is 39.7. The highest BCUT2D eigenvalue weighted by molar-refractivity contribution is 5.96. The molecule has 2 fully saturated rings. The van der Waals surface area contributed by atoms with Gasteiger partial charge in [-0.05, 0) is 93.5 Å². The molecular weight excluding hydrogens is 584 g/mol. The maximum absolute atomic E-state index is 14.0. The Morgan fingerprint density at radius 2 is 1.50 bits per heavy atom. The maximum Gasteiger partial charge on any atom is 0.329 e. The van der Waals surface area contributed by atoms with E-state index in [1.54, 1.807) is 23.8 Å². The number of esters is 1. The average molecular weight is 649 g/mol. The van der Waals surface area contributed by atoms with E-state index >= 15 is 0 Å². The lowest BCUT2D eigenvalue weighted by Crippen LogP contribution is -2.58. The van der Waals surface area contributed by atoms with E-state index in [-0.39, 0.29) is 54.3 Å². The number of hydrogen-bond donors (Lipinski definition) is 1. The van der Waals surface area contributed by atoms with Gasteiger partial charge in [-0.25, -0.2) is 4.79 Å². The highest BCUT2D eigenvalue weighted by atomic mass is 16.6. The van der Waals surface area contributed by atoms with E-state index in [0.717, 1.165) is 25.8 Å². The molecule has 0 saturated carbocycles. The Bertz CT molecular complexity index is 1100. The van der Waals surface area contributed by atoms with Gasteiger partial charge in [0.15, 0.2) is 0 Å². The third kappa shape index (κ3) is 11.1. The van der Waals surface area contributed by atoms with Gasteiger partial charge in [-0.1, -0.05) is 40.2 Å². The first-order valence-corrected chi connectivity index (χ1v) is 17.3. The number of nitrogens with zero attached hydrogens (tertiary/aromatic N) is 3. The van der Waals surface area contributed by atoms with Gasteiger partial charge in [0.2, 0.25) is 17.7 Å². The molecule has 3 amide bonds. The molecule has 2 rings (SSSR count). The van der Waals surface area contributed by atoms with Gasteiger partial charge in [0, 0.05) is 31.6 Å². The third-order valence-corrected chi connectivity index (χ3v) is 8.70. The van der Waals surface area contributed by atoms with Crippen LogP contribution in [0.5, 0.6) is 0 Å². The Hall–Kier alpha value is -2.46. The molecule has 10 heteroatoms. The van der Waals surface area contributed by atoms with Gasteiger partial charge in [-0.3, -0.25) is 19.3 Å². The van der Waals surface area contributed by atoms with Crippen LogP contribution in [0.3, 0.4) is 0 Å². The minimum Gasteiger partial charge on any atom is -0.458 e. The zero-order valence-electron chi connectivity index (χ0n) is 31.2. The fourth-order valence-electron chi connectivity index (χ4n) is 6.49. The fraction of sp³-hybridized carbons (Fsp3) is 0.833. The average Bonchev–Trinajstić information content (AvgIpc) is 3.34. The van der Waals surface area contributed by atoms with Crippen molar-refractivity contribution in [2.45, 2.75) is 163 Å². The molecular formula is C36H64N4O6. The molecule has 46 heavy (non-hydrogen) atoms. The van der Waals surface area contributed by atoms with E-state index in [1.807, 2.05) is 75.3 Å². The molecule has 0 spiro atoms. The number of likely N-dealkylation sites (tertiary alicyclic amines) is 2. The van der Waals surface area contributed by atoms with Crippen molar-refractivity contribution in [2.75, 3.05) is 20.1 Å². The smallest absolute Gasteiger partial charge is 0.329 e. The van der Waals surface area contributed by atoms with Crippen molar-refractivity contribution in [1.82, 2.24) is 20.0 Å². The Labute approximate surface area is 279 Å². The molecule has 0 aromatic rings. The number of piperidine rings is 1. The SMILES string of the molecule is C/C(=C\[C@H](C(C)C)N(C)C(=O)[C@@H](NC(=O)C1CCCCN1C(C)C)C(C)C)C(=O)N1C[C@H](OC(C)(C)C)C[C@H]1C(=O)OC(C)(C)C. The summed E-state index contributed by atoms with van der Waals surface area (Å²) in [6.07, 6.45) is 4.69. The summed E-state index contributed by atoms with van der Waals surface area (Å²) in [5, 5.41) is 3.09. The van der Waals surface area contributed by atoms with E-state index in [4.69, 9.17) is 9.47 Å². The summed E-state index contributed by atoms with van der Waals surface area (Å²) in [4.78, 5) is 60.2. The summed E-state index contributed by atoms with van der Waals surface area (Å²) in [5.74, 6) is -1.20. The van der Waals surface area contributed by atoms with Crippen LogP contribution in [0.15, 0.2) is 11.6 Å². The normalized spacial score (nSPS) is 23.1. The van der Waals surface area contributed by atoms with Crippen molar-refractivity contribution in [3.8, 4) is 0 Å². The number of ether oxygens (including phenoxy) is 2. The van der Waals surface area contributed by atoms with Crippen molar-refractivity contribution in [3.63, 3.8) is 0 Å². The molecule has 2 saturated heterocycles. The second kappa shape index (κ2) is 16.1. The van der Waals surface area contributed by atoms with Crippen LogP contribution in [0.25, 0.3) is 0 Å². The van der Waals surface area contributed by atoms with Gasteiger partial charge in [0.1, 0.15) is 17.7 Å². The van der Waals surface area contributed by atoms with Gasteiger partial charge in [0.05, 0.1) is 23.8 Å². The molecule has 2 aliphatic rings. The van der Waals surface area contributed by atoms with Crippen LogP contribution >= 0.6 is 0 Å². The van der Waals surface area contributed by atoms with Gasteiger partial charge in [-0.15, -0.1) is 0 Å². The molecule has 1 N–H and O–H groups in total. The van der Waals surface area contributed by atoms with Crippen molar-refractivity contribution in [3.05, 3.63) is 11.6 Å². The first-order valence-electron chi connectivity index (χ1n) is 17.3. The molecule has 0 aromatic heterocycles. The monoisotopic (exact) mass is 648 g/mol. The predicted octanol–water partition coefficient (Wildman–Crippen LogP) is 4.95. The lowest BCUT2D eigenvalue weighted by atomic mass is 9.95. The number of rotatable bonds is 11. The Morgan fingerprint density at radius 3 is 2.00 bits per heavy atom. The first-order chi connectivity index (χ1) is 21.0. The van der Waals surface area contributed by atoms with Crippen molar-refractivity contribution < 1.29 is 28.7 Å². The molecule has 2 aliphatic heterocycles. The third-order valence-electron chi connectivity index (χ3n) is 8.70. The molecule has 5 atom stereocenters. The molecule has 0 aromatic carbocycles. The van der Waals surface area contributed by atoms with Crippen molar-refractivity contribution in [1.29, 1.82) is 0 Å². The van der Waals surface area contributed by atoms with Crippen LogP contribution in [-0.4, -0.2) is 106 Å². The van der Waals surface area contributed by atoms with Crippen LogP contribution in [0, 0.1) is 11.8 Å². The number of carbonyl (C=O) groups is 4. The second-order valence-corrected chi connectivity index (χ2v) is 16.2. The zero-order chi connectivity index (χ0) is 35.3. The summed E-state index contributed by atoms with van der Waals surface area (Å²) in [6, 6.07) is -1.91. The standard InChI is InChI=1S/C36H64N4O6/c1-22(2)28(38(14)33(43)30(23(3)4)37-31(41)27-17-15-16-18-39(27)24(5)6)19-25(7)32(42)40-21-26(45-35(8,9)10)20-29(40)34(44)46-36(11,12)13/h19,22-24,26-30H,15-18,20-21H2,1-14H3,(H,37,41)/b25-19+/t26-,27?,28-,29+,30+/m1/s1. The number of nitrogens with one attached hydrogen (secondary N) is 1. The molecule has 0 radical (unpaired) electrons. The second-order valence-electron chi connectivity index (χ2n) is 16.2. The van der Waals surface area contributed by atoms with Gasteiger partial charge >= 0.3 is 5.97 Å². The van der Waals surface area contributed by atoms with E-state index in [0.29, 0.717) is 12.0 Å².